The molecule has 0 atom stereocenters. The predicted molar refractivity (Wildman–Crippen MR) is 139 cm³/mol. The first kappa shape index (κ1) is 23.8. The van der Waals surface area contributed by atoms with Crippen LogP contribution in [-0.2, 0) is 18.3 Å². The summed E-state index contributed by atoms with van der Waals surface area (Å²) in [6, 6.07) is 16.4. The number of halogens is 1. The number of carbonyl (C=O) groups is 1. The number of carbonyl (C=O) groups excluding carboxylic acids is 1. The van der Waals surface area contributed by atoms with E-state index in [4.69, 9.17) is 0 Å². The van der Waals surface area contributed by atoms with Gasteiger partial charge in [0.25, 0.3) is 5.56 Å². The minimum absolute atomic E-state index is 0.0383. The zero-order chi connectivity index (χ0) is 25.4. The van der Waals surface area contributed by atoms with E-state index in [-0.39, 0.29) is 23.7 Å². The van der Waals surface area contributed by atoms with Gasteiger partial charge in [-0.3, -0.25) is 9.59 Å². The maximum absolute atomic E-state index is 13.4. The van der Waals surface area contributed by atoms with Gasteiger partial charge in [-0.05, 0) is 50.1 Å². The van der Waals surface area contributed by atoms with Gasteiger partial charge < -0.3 is 14.4 Å². The van der Waals surface area contributed by atoms with Gasteiger partial charge in [-0.25, -0.2) is 4.39 Å². The van der Waals surface area contributed by atoms with Crippen molar-refractivity contribution in [1.82, 2.24) is 19.1 Å². The Morgan fingerprint density at radius 2 is 1.69 bits per heavy atom. The van der Waals surface area contributed by atoms with E-state index < -0.39 is 0 Å². The standard InChI is InChI=1S/C28H30FN5O2/c1-19-6-4-5-7-23(19)25-18-26-31(3)20(2)24(28(36)34(26)30-25)12-13-27(35)33-16-14-32(15-17-33)22-10-8-21(29)9-11-22/h4-11,18H,12-17H2,1-3H3. The molecule has 2 aromatic carbocycles. The molecule has 1 saturated heterocycles. The fourth-order valence-corrected chi connectivity index (χ4v) is 4.95. The molecule has 0 N–H and O–H groups in total. The number of hydrogen-bond donors (Lipinski definition) is 0. The molecule has 2 aromatic heterocycles. The summed E-state index contributed by atoms with van der Waals surface area (Å²) in [5.74, 6) is -0.218. The summed E-state index contributed by atoms with van der Waals surface area (Å²) in [6.45, 7) is 6.54. The van der Waals surface area contributed by atoms with E-state index in [1.807, 2.05) is 60.7 Å². The van der Waals surface area contributed by atoms with Gasteiger partial charge in [0.1, 0.15) is 11.5 Å². The van der Waals surface area contributed by atoms with Crippen LogP contribution in [0.15, 0.2) is 59.4 Å². The lowest BCUT2D eigenvalue weighted by molar-refractivity contribution is -0.131. The quantitative estimate of drug-likeness (QED) is 0.430. The van der Waals surface area contributed by atoms with E-state index in [0.29, 0.717) is 38.2 Å². The van der Waals surface area contributed by atoms with E-state index in [1.165, 1.54) is 16.6 Å². The molecule has 0 bridgehead atoms. The minimum Gasteiger partial charge on any atom is -0.368 e. The normalized spacial score (nSPS) is 14.0. The molecule has 186 valence electrons. The monoisotopic (exact) mass is 487 g/mol. The summed E-state index contributed by atoms with van der Waals surface area (Å²) in [7, 11) is 1.92. The fourth-order valence-electron chi connectivity index (χ4n) is 4.95. The predicted octanol–water partition coefficient (Wildman–Crippen LogP) is 3.74. The third kappa shape index (κ3) is 4.39. The van der Waals surface area contributed by atoms with E-state index in [2.05, 4.69) is 10.00 Å². The molecule has 0 saturated carbocycles. The molecular formula is C28H30FN5O2. The van der Waals surface area contributed by atoms with Gasteiger partial charge in [0.15, 0.2) is 0 Å². The molecule has 1 amide bonds. The van der Waals surface area contributed by atoms with Gasteiger partial charge in [0.05, 0.1) is 5.69 Å². The van der Waals surface area contributed by atoms with Gasteiger partial charge in [0, 0.05) is 68.2 Å². The van der Waals surface area contributed by atoms with Gasteiger partial charge in [0.2, 0.25) is 5.91 Å². The van der Waals surface area contributed by atoms with Crippen molar-refractivity contribution < 1.29 is 9.18 Å². The van der Waals surface area contributed by atoms with Crippen molar-refractivity contribution in [3.05, 3.63) is 87.6 Å². The molecule has 1 fully saturated rings. The highest BCUT2D eigenvalue weighted by Crippen LogP contribution is 2.23. The molecule has 0 unspecified atom stereocenters. The van der Waals surface area contributed by atoms with Crippen molar-refractivity contribution in [3.63, 3.8) is 0 Å². The van der Waals surface area contributed by atoms with Crippen LogP contribution in [0, 0.1) is 19.7 Å². The maximum atomic E-state index is 13.4. The van der Waals surface area contributed by atoms with Crippen molar-refractivity contribution in [1.29, 1.82) is 0 Å². The number of aromatic nitrogens is 3. The van der Waals surface area contributed by atoms with E-state index in [0.717, 1.165) is 33.8 Å². The maximum Gasteiger partial charge on any atom is 0.277 e. The molecule has 0 radical (unpaired) electrons. The molecule has 7 nitrogen and oxygen atoms in total. The van der Waals surface area contributed by atoms with Crippen LogP contribution in [0.5, 0.6) is 0 Å². The smallest absolute Gasteiger partial charge is 0.277 e. The van der Waals surface area contributed by atoms with Gasteiger partial charge in [-0.1, -0.05) is 24.3 Å². The number of rotatable bonds is 5. The first-order valence-electron chi connectivity index (χ1n) is 12.3. The SMILES string of the molecule is Cc1ccccc1-c1cc2n(C)c(C)c(CCC(=O)N3CCN(c4ccc(F)cc4)CC3)c(=O)n2n1. The third-order valence-electron chi connectivity index (χ3n) is 7.26. The van der Waals surface area contributed by atoms with E-state index in [1.54, 1.807) is 12.1 Å². The summed E-state index contributed by atoms with van der Waals surface area (Å²) < 4.78 is 16.6. The molecule has 5 rings (SSSR count). The highest BCUT2D eigenvalue weighted by Gasteiger charge is 2.23. The Morgan fingerprint density at radius 3 is 2.39 bits per heavy atom. The van der Waals surface area contributed by atoms with E-state index >= 15 is 0 Å². The molecular weight excluding hydrogens is 457 g/mol. The number of fused-ring (bicyclic) bond motifs is 1. The Hall–Kier alpha value is -3.94. The average Bonchev–Trinajstić information content (AvgIpc) is 3.34. The Balaban J connectivity index is 1.30. The fraction of sp³-hybridized carbons (Fsp3) is 0.321. The van der Waals surface area contributed by atoms with Crippen LogP contribution in [-0.4, -0.2) is 51.2 Å². The van der Waals surface area contributed by atoms with Crippen LogP contribution >= 0.6 is 0 Å². The molecule has 1 aliphatic heterocycles. The van der Waals surface area contributed by atoms with Crippen molar-refractivity contribution in [2.75, 3.05) is 31.1 Å². The zero-order valence-corrected chi connectivity index (χ0v) is 20.9. The van der Waals surface area contributed by atoms with Crippen LogP contribution < -0.4 is 10.5 Å². The van der Waals surface area contributed by atoms with E-state index in [9.17, 15) is 14.0 Å². The lowest BCUT2D eigenvalue weighted by atomic mass is 10.1. The zero-order valence-electron chi connectivity index (χ0n) is 20.9. The number of piperazine rings is 1. The van der Waals surface area contributed by atoms with Crippen LogP contribution in [0.25, 0.3) is 16.9 Å². The molecule has 8 heteroatoms. The first-order valence-corrected chi connectivity index (χ1v) is 12.3. The highest BCUT2D eigenvalue weighted by molar-refractivity contribution is 5.77. The summed E-state index contributed by atoms with van der Waals surface area (Å²) in [5.41, 5.74) is 5.82. The number of hydrogen-bond acceptors (Lipinski definition) is 4. The Bertz CT molecular complexity index is 1480. The topological polar surface area (TPSA) is 62.9 Å². The molecule has 3 heterocycles. The third-order valence-corrected chi connectivity index (χ3v) is 7.26. The van der Waals surface area contributed by atoms with Gasteiger partial charge in [-0.2, -0.15) is 9.61 Å². The van der Waals surface area contributed by atoms with Crippen LogP contribution in [0.1, 0.15) is 23.2 Å². The number of anilines is 1. The molecule has 4 aromatic rings. The van der Waals surface area contributed by atoms with Crippen LogP contribution in [0.4, 0.5) is 10.1 Å². The van der Waals surface area contributed by atoms with Crippen LogP contribution in [0.2, 0.25) is 0 Å². The lowest BCUT2D eigenvalue weighted by Gasteiger charge is -2.36. The molecule has 0 spiro atoms. The second-order valence-corrected chi connectivity index (χ2v) is 9.39. The number of benzene rings is 2. The number of nitrogens with zero attached hydrogens (tertiary/aromatic N) is 5. The average molecular weight is 488 g/mol. The number of aryl methyl sites for hydroxylation is 2. The summed E-state index contributed by atoms with van der Waals surface area (Å²) >= 11 is 0. The Morgan fingerprint density at radius 1 is 1.00 bits per heavy atom. The highest BCUT2D eigenvalue weighted by atomic mass is 19.1. The molecule has 1 aliphatic rings. The number of amides is 1. The van der Waals surface area contributed by atoms with Gasteiger partial charge >= 0.3 is 0 Å². The Kier molecular flexibility index (Phi) is 6.35. The second-order valence-electron chi connectivity index (χ2n) is 9.39. The van der Waals surface area contributed by atoms with Crippen molar-refractivity contribution in [2.24, 2.45) is 7.05 Å². The Labute approximate surface area is 209 Å². The minimum atomic E-state index is -0.256. The lowest BCUT2D eigenvalue weighted by Crippen LogP contribution is -2.49. The molecule has 36 heavy (non-hydrogen) atoms. The van der Waals surface area contributed by atoms with Crippen molar-refractivity contribution in [2.45, 2.75) is 26.7 Å². The van der Waals surface area contributed by atoms with Crippen molar-refractivity contribution >= 4 is 17.2 Å². The molecule has 0 aliphatic carbocycles. The first-order chi connectivity index (χ1) is 17.3. The summed E-state index contributed by atoms with van der Waals surface area (Å²) in [4.78, 5) is 30.4. The summed E-state index contributed by atoms with van der Waals surface area (Å²) in [6.07, 6.45) is 0.634. The second kappa shape index (κ2) is 9.60. The van der Waals surface area contributed by atoms with Crippen molar-refractivity contribution in [3.8, 4) is 11.3 Å². The van der Waals surface area contributed by atoms with Gasteiger partial charge in [-0.15, -0.1) is 0 Å². The summed E-state index contributed by atoms with van der Waals surface area (Å²) in [5, 5.41) is 4.62. The largest absolute Gasteiger partial charge is 0.368 e. The van der Waals surface area contributed by atoms with Crippen LogP contribution in [0.3, 0.4) is 0 Å².